The number of anilines is 3. The minimum atomic E-state index is -0.204. The number of hydrogen-bond donors (Lipinski definition) is 3. The molecule has 0 saturated carbocycles. The first-order chi connectivity index (χ1) is 18.3. The standard InChI is InChI=1S/C27H38N8O3/c1-6-14-30-26-21(19-31-27(33-26)32-22-13-16-29-24(18-22)38-5)11-8-7-9-15-28-23(36)20-35(4)25(37)12-10-17-34(2)3/h10,12-13,16,18-19H,6-7,9,14-15,17,20H2,1-5H3,(H,28,36)(H2,29,30,31,32,33). The Morgan fingerprint density at radius 1 is 1.18 bits per heavy atom. The van der Waals surface area contributed by atoms with Gasteiger partial charge in [0.15, 0.2) is 0 Å². The van der Waals surface area contributed by atoms with Crippen molar-refractivity contribution in [1.82, 2.24) is 30.1 Å². The second-order valence-electron chi connectivity index (χ2n) is 8.71. The van der Waals surface area contributed by atoms with Gasteiger partial charge in [-0.15, -0.1) is 0 Å². The number of rotatable bonds is 14. The van der Waals surface area contributed by atoms with Crippen LogP contribution in [0.25, 0.3) is 0 Å². The van der Waals surface area contributed by atoms with Crippen molar-refractivity contribution in [3.63, 3.8) is 0 Å². The van der Waals surface area contributed by atoms with Gasteiger partial charge in [-0.3, -0.25) is 9.59 Å². The van der Waals surface area contributed by atoms with Crippen LogP contribution in [-0.2, 0) is 9.59 Å². The average Bonchev–Trinajstić information content (AvgIpc) is 2.90. The van der Waals surface area contributed by atoms with Crippen LogP contribution in [0.15, 0.2) is 36.7 Å². The highest BCUT2D eigenvalue weighted by molar-refractivity contribution is 5.91. The molecule has 2 amide bonds. The molecule has 2 aromatic heterocycles. The Labute approximate surface area is 225 Å². The third kappa shape index (κ3) is 11.3. The SMILES string of the molecule is CCCNc1nc(Nc2ccnc(OC)c2)ncc1C#CCCCNC(=O)CN(C)C(=O)C=CCN(C)C. The van der Waals surface area contributed by atoms with Gasteiger partial charge in [-0.2, -0.15) is 4.98 Å². The predicted octanol–water partition coefficient (Wildman–Crippen LogP) is 2.27. The van der Waals surface area contributed by atoms with Gasteiger partial charge in [0.2, 0.25) is 23.6 Å². The molecular weight excluding hydrogens is 484 g/mol. The molecule has 0 spiro atoms. The molecule has 2 heterocycles. The molecule has 38 heavy (non-hydrogen) atoms. The van der Waals surface area contributed by atoms with Crippen LogP contribution in [0, 0.1) is 11.8 Å². The first kappa shape index (κ1) is 30.1. The summed E-state index contributed by atoms with van der Waals surface area (Å²) in [6.07, 6.45) is 8.78. The summed E-state index contributed by atoms with van der Waals surface area (Å²) in [6.45, 7) is 3.97. The van der Waals surface area contributed by atoms with Gasteiger partial charge in [0.1, 0.15) is 5.82 Å². The Morgan fingerprint density at radius 3 is 2.74 bits per heavy atom. The number of ether oxygens (including phenoxy) is 1. The van der Waals surface area contributed by atoms with E-state index in [0.717, 1.165) is 18.7 Å². The Morgan fingerprint density at radius 2 is 2.00 bits per heavy atom. The van der Waals surface area contributed by atoms with E-state index in [1.54, 1.807) is 44.8 Å². The molecule has 2 aromatic rings. The van der Waals surface area contributed by atoms with Crippen molar-refractivity contribution < 1.29 is 14.3 Å². The van der Waals surface area contributed by atoms with Crippen LogP contribution in [0.2, 0.25) is 0 Å². The van der Waals surface area contributed by atoms with Crippen LogP contribution in [0.5, 0.6) is 5.88 Å². The topological polar surface area (TPSA) is 125 Å². The van der Waals surface area contributed by atoms with Gasteiger partial charge in [0.25, 0.3) is 0 Å². The van der Waals surface area contributed by atoms with Crippen LogP contribution >= 0.6 is 0 Å². The number of likely N-dealkylation sites (N-methyl/N-ethyl adjacent to an activating group) is 2. The molecule has 0 fully saturated rings. The number of pyridine rings is 1. The quantitative estimate of drug-likeness (QED) is 0.195. The molecule has 0 aliphatic carbocycles. The van der Waals surface area contributed by atoms with E-state index in [0.29, 0.717) is 49.1 Å². The van der Waals surface area contributed by atoms with Crippen molar-refractivity contribution >= 4 is 29.3 Å². The van der Waals surface area contributed by atoms with E-state index < -0.39 is 0 Å². The summed E-state index contributed by atoms with van der Waals surface area (Å²) in [5.74, 6) is 7.41. The second-order valence-corrected chi connectivity index (χ2v) is 8.71. The highest BCUT2D eigenvalue weighted by Crippen LogP contribution is 2.19. The van der Waals surface area contributed by atoms with E-state index >= 15 is 0 Å². The molecule has 3 N–H and O–H groups in total. The molecule has 0 aliphatic rings. The van der Waals surface area contributed by atoms with Gasteiger partial charge in [0.05, 0.1) is 25.4 Å². The maximum atomic E-state index is 12.1. The molecule has 0 aromatic carbocycles. The maximum Gasteiger partial charge on any atom is 0.246 e. The van der Waals surface area contributed by atoms with Crippen molar-refractivity contribution in [3.05, 3.63) is 42.2 Å². The van der Waals surface area contributed by atoms with Gasteiger partial charge < -0.3 is 30.5 Å². The highest BCUT2D eigenvalue weighted by atomic mass is 16.5. The molecule has 11 heteroatoms. The summed E-state index contributed by atoms with van der Waals surface area (Å²) in [5.41, 5.74) is 1.46. The third-order valence-corrected chi connectivity index (χ3v) is 5.04. The van der Waals surface area contributed by atoms with Gasteiger partial charge in [-0.25, -0.2) is 9.97 Å². The predicted molar refractivity (Wildman–Crippen MR) is 149 cm³/mol. The Kier molecular flexibility index (Phi) is 13.1. The first-order valence-corrected chi connectivity index (χ1v) is 12.5. The molecule has 0 unspecified atom stereocenters. The second kappa shape index (κ2) is 16.6. The lowest BCUT2D eigenvalue weighted by Crippen LogP contribution is -2.38. The summed E-state index contributed by atoms with van der Waals surface area (Å²) < 4.78 is 5.15. The fraction of sp³-hybridized carbons (Fsp3) is 0.444. The lowest BCUT2D eigenvalue weighted by molar-refractivity contribution is -0.131. The summed E-state index contributed by atoms with van der Waals surface area (Å²) >= 11 is 0. The molecule has 0 atom stereocenters. The number of methoxy groups -OCH3 is 1. The van der Waals surface area contributed by atoms with E-state index in [1.807, 2.05) is 19.0 Å². The molecule has 2 rings (SSSR count). The van der Waals surface area contributed by atoms with Crippen molar-refractivity contribution in [2.45, 2.75) is 26.2 Å². The number of hydrogen-bond acceptors (Lipinski definition) is 9. The molecule has 0 radical (unpaired) electrons. The van der Waals surface area contributed by atoms with Crippen molar-refractivity contribution in [3.8, 4) is 17.7 Å². The highest BCUT2D eigenvalue weighted by Gasteiger charge is 2.10. The van der Waals surface area contributed by atoms with E-state index in [2.05, 4.69) is 49.7 Å². The third-order valence-electron chi connectivity index (χ3n) is 5.04. The number of unbranched alkanes of at least 4 members (excludes halogenated alkanes) is 1. The van der Waals surface area contributed by atoms with Gasteiger partial charge >= 0.3 is 0 Å². The maximum absolute atomic E-state index is 12.1. The van der Waals surface area contributed by atoms with Crippen LogP contribution < -0.4 is 20.7 Å². The van der Waals surface area contributed by atoms with Crippen LogP contribution in [-0.4, -0.2) is 91.0 Å². The monoisotopic (exact) mass is 522 g/mol. The van der Waals surface area contributed by atoms with Crippen LogP contribution in [0.3, 0.4) is 0 Å². The van der Waals surface area contributed by atoms with Crippen LogP contribution in [0.4, 0.5) is 17.5 Å². The number of carbonyl (C=O) groups excluding carboxylic acids is 2. The summed E-state index contributed by atoms with van der Waals surface area (Å²) in [7, 11) is 7.01. The van der Waals surface area contributed by atoms with Gasteiger partial charge in [-0.1, -0.05) is 24.8 Å². The zero-order chi connectivity index (χ0) is 27.8. The number of aromatic nitrogens is 3. The minimum Gasteiger partial charge on any atom is -0.481 e. The Balaban J connectivity index is 1.85. The minimum absolute atomic E-state index is 0.00721. The normalized spacial score (nSPS) is 10.6. The summed E-state index contributed by atoms with van der Waals surface area (Å²) in [6, 6.07) is 3.56. The Bertz CT molecular complexity index is 1140. The molecule has 0 bridgehead atoms. The lowest BCUT2D eigenvalue weighted by Gasteiger charge is -2.14. The van der Waals surface area contributed by atoms with Gasteiger partial charge in [-0.05, 0) is 33.0 Å². The summed E-state index contributed by atoms with van der Waals surface area (Å²) in [4.78, 5) is 40.5. The molecule has 204 valence electrons. The molecular formula is C27H38N8O3. The number of nitrogens with one attached hydrogen (secondary N) is 3. The van der Waals surface area contributed by atoms with E-state index in [1.165, 1.54) is 11.0 Å². The number of carbonyl (C=O) groups is 2. The number of nitrogens with zero attached hydrogens (tertiary/aromatic N) is 5. The molecule has 0 saturated heterocycles. The van der Waals surface area contributed by atoms with E-state index in [9.17, 15) is 9.59 Å². The zero-order valence-corrected chi connectivity index (χ0v) is 22.9. The lowest BCUT2D eigenvalue weighted by atomic mass is 10.2. The van der Waals surface area contributed by atoms with Gasteiger partial charge in [0, 0.05) is 57.1 Å². The van der Waals surface area contributed by atoms with E-state index in [4.69, 9.17) is 4.74 Å². The summed E-state index contributed by atoms with van der Waals surface area (Å²) in [5, 5.41) is 9.28. The average molecular weight is 523 g/mol. The van der Waals surface area contributed by atoms with Crippen molar-refractivity contribution in [1.29, 1.82) is 0 Å². The van der Waals surface area contributed by atoms with Crippen molar-refractivity contribution in [2.75, 3.05) is 65.1 Å². The largest absolute Gasteiger partial charge is 0.481 e. The first-order valence-electron chi connectivity index (χ1n) is 12.5. The Hall–Kier alpha value is -4.17. The molecule has 0 aliphatic heterocycles. The zero-order valence-electron chi connectivity index (χ0n) is 22.9. The van der Waals surface area contributed by atoms with E-state index in [-0.39, 0.29) is 18.4 Å². The number of amides is 2. The molecule has 11 nitrogen and oxygen atoms in total. The van der Waals surface area contributed by atoms with Crippen molar-refractivity contribution in [2.24, 2.45) is 0 Å². The smallest absolute Gasteiger partial charge is 0.246 e. The fourth-order valence-corrected chi connectivity index (χ4v) is 3.04. The fourth-order valence-electron chi connectivity index (χ4n) is 3.04. The van der Waals surface area contributed by atoms with Crippen LogP contribution in [0.1, 0.15) is 31.7 Å².